The van der Waals surface area contributed by atoms with Crippen LogP contribution in [0.5, 0.6) is 0 Å². The molecule has 5 heteroatoms. The van der Waals surface area contributed by atoms with Crippen molar-refractivity contribution < 1.29 is 4.79 Å². The van der Waals surface area contributed by atoms with Gasteiger partial charge in [0, 0.05) is 25.7 Å². The molecule has 0 aliphatic carbocycles. The molecular weight excluding hydrogens is 216 g/mol. The number of hydrogen-bond donors (Lipinski definition) is 3. The van der Waals surface area contributed by atoms with Gasteiger partial charge in [-0.05, 0) is 38.8 Å². The first kappa shape index (κ1) is 14.3. The number of nitrogens with zero attached hydrogens (tertiary/aromatic N) is 1. The number of hydrogen-bond acceptors (Lipinski definition) is 3. The van der Waals surface area contributed by atoms with Crippen molar-refractivity contribution >= 4 is 6.03 Å². The Morgan fingerprint density at radius 3 is 2.94 bits per heavy atom. The second-order valence-electron chi connectivity index (χ2n) is 4.83. The molecule has 1 aliphatic heterocycles. The van der Waals surface area contributed by atoms with Crippen molar-refractivity contribution in [3.05, 3.63) is 0 Å². The summed E-state index contributed by atoms with van der Waals surface area (Å²) in [5.41, 5.74) is 5.00. The van der Waals surface area contributed by atoms with E-state index in [9.17, 15) is 4.79 Å². The van der Waals surface area contributed by atoms with Crippen LogP contribution >= 0.6 is 0 Å². The quantitative estimate of drug-likeness (QED) is 0.589. The van der Waals surface area contributed by atoms with Gasteiger partial charge in [0.1, 0.15) is 0 Å². The molecule has 0 spiro atoms. The summed E-state index contributed by atoms with van der Waals surface area (Å²) in [7, 11) is 0. The minimum atomic E-state index is -0.450. The summed E-state index contributed by atoms with van der Waals surface area (Å²) in [6, 6.07) is 0.0494. The fourth-order valence-electron chi connectivity index (χ4n) is 2.44. The van der Waals surface area contributed by atoms with E-state index in [0.717, 1.165) is 19.0 Å². The third kappa shape index (κ3) is 5.37. The van der Waals surface area contributed by atoms with Crippen LogP contribution in [0.3, 0.4) is 0 Å². The zero-order valence-corrected chi connectivity index (χ0v) is 11.0. The average Bonchev–Trinajstić information content (AvgIpc) is 2.34. The van der Waals surface area contributed by atoms with E-state index in [0.29, 0.717) is 12.6 Å². The fourth-order valence-corrected chi connectivity index (χ4v) is 2.44. The molecule has 0 aromatic heterocycles. The van der Waals surface area contributed by atoms with E-state index >= 15 is 0 Å². The molecule has 17 heavy (non-hydrogen) atoms. The number of nitrogens with one attached hydrogen (secondary N) is 2. The second kappa shape index (κ2) is 7.50. The first-order chi connectivity index (χ1) is 8.13. The van der Waals surface area contributed by atoms with E-state index in [4.69, 9.17) is 5.73 Å². The number of carbonyl (C=O) groups is 1. The fraction of sp³-hybridized carbons (Fsp3) is 0.917. The SMILES string of the molecule is CCN1CCCC(C(C)NCCNC(N)=O)C1. The molecule has 0 aromatic rings. The Bertz CT molecular complexity index is 235. The third-order valence-electron chi connectivity index (χ3n) is 3.59. The number of piperidine rings is 1. The Morgan fingerprint density at radius 1 is 1.53 bits per heavy atom. The second-order valence-corrected chi connectivity index (χ2v) is 4.83. The minimum Gasteiger partial charge on any atom is -0.352 e. The molecule has 2 unspecified atom stereocenters. The molecule has 2 amide bonds. The van der Waals surface area contributed by atoms with Gasteiger partial charge in [-0.3, -0.25) is 0 Å². The first-order valence-corrected chi connectivity index (χ1v) is 6.62. The van der Waals surface area contributed by atoms with Gasteiger partial charge in [-0.1, -0.05) is 6.92 Å². The zero-order chi connectivity index (χ0) is 12.7. The maximum Gasteiger partial charge on any atom is 0.312 e. The lowest BCUT2D eigenvalue weighted by molar-refractivity contribution is 0.157. The van der Waals surface area contributed by atoms with E-state index in [1.54, 1.807) is 0 Å². The Morgan fingerprint density at radius 2 is 2.29 bits per heavy atom. The molecule has 4 N–H and O–H groups in total. The molecular formula is C12H26N4O. The number of rotatable bonds is 6. The molecule has 0 radical (unpaired) electrons. The molecule has 0 saturated carbocycles. The van der Waals surface area contributed by atoms with Gasteiger partial charge in [0.25, 0.3) is 0 Å². The zero-order valence-electron chi connectivity index (χ0n) is 11.0. The normalized spacial score (nSPS) is 23.3. The van der Waals surface area contributed by atoms with Crippen molar-refractivity contribution in [1.29, 1.82) is 0 Å². The van der Waals surface area contributed by atoms with Gasteiger partial charge >= 0.3 is 6.03 Å². The van der Waals surface area contributed by atoms with Crippen LogP contribution < -0.4 is 16.4 Å². The van der Waals surface area contributed by atoms with Gasteiger partial charge in [-0.15, -0.1) is 0 Å². The Kier molecular flexibility index (Phi) is 6.29. The van der Waals surface area contributed by atoms with Crippen LogP contribution in [0.2, 0.25) is 0 Å². The topological polar surface area (TPSA) is 70.4 Å². The van der Waals surface area contributed by atoms with Crippen LogP contribution in [0.25, 0.3) is 0 Å². The van der Waals surface area contributed by atoms with Gasteiger partial charge in [-0.2, -0.15) is 0 Å². The van der Waals surface area contributed by atoms with Crippen molar-refractivity contribution in [2.45, 2.75) is 32.7 Å². The van der Waals surface area contributed by atoms with Crippen LogP contribution in [-0.2, 0) is 0 Å². The molecule has 100 valence electrons. The number of likely N-dealkylation sites (tertiary alicyclic amines) is 1. The summed E-state index contributed by atoms with van der Waals surface area (Å²) in [5.74, 6) is 0.720. The van der Waals surface area contributed by atoms with Crippen molar-refractivity contribution in [1.82, 2.24) is 15.5 Å². The maximum absolute atomic E-state index is 10.5. The highest BCUT2D eigenvalue weighted by Crippen LogP contribution is 2.19. The van der Waals surface area contributed by atoms with Crippen LogP contribution in [0.15, 0.2) is 0 Å². The van der Waals surface area contributed by atoms with E-state index in [2.05, 4.69) is 29.4 Å². The number of primary amides is 1. The lowest BCUT2D eigenvalue weighted by Crippen LogP contribution is -2.46. The number of amides is 2. The summed E-state index contributed by atoms with van der Waals surface area (Å²) in [6.07, 6.45) is 2.60. The molecule has 5 nitrogen and oxygen atoms in total. The predicted molar refractivity (Wildman–Crippen MR) is 69.9 cm³/mol. The van der Waals surface area contributed by atoms with Crippen LogP contribution in [-0.4, -0.2) is 49.7 Å². The van der Waals surface area contributed by atoms with Crippen LogP contribution in [0.1, 0.15) is 26.7 Å². The van der Waals surface area contributed by atoms with Crippen LogP contribution in [0, 0.1) is 5.92 Å². The lowest BCUT2D eigenvalue weighted by atomic mass is 9.91. The standard InChI is InChI=1S/C12H26N4O/c1-3-16-8-4-5-11(9-16)10(2)14-6-7-15-12(13)17/h10-11,14H,3-9H2,1-2H3,(H3,13,15,17). The highest BCUT2D eigenvalue weighted by Gasteiger charge is 2.23. The third-order valence-corrected chi connectivity index (χ3v) is 3.59. The predicted octanol–water partition coefficient (Wildman–Crippen LogP) is 0.365. The smallest absolute Gasteiger partial charge is 0.312 e. The van der Waals surface area contributed by atoms with Gasteiger partial charge in [-0.25, -0.2) is 4.79 Å². The highest BCUT2D eigenvalue weighted by atomic mass is 16.2. The molecule has 1 saturated heterocycles. The summed E-state index contributed by atoms with van der Waals surface area (Å²) in [6.45, 7) is 9.41. The molecule has 0 bridgehead atoms. The lowest BCUT2D eigenvalue weighted by Gasteiger charge is -2.35. The van der Waals surface area contributed by atoms with Crippen molar-refractivity contribution in [3.63, 3.8) is 0 Å². The van der Waals surface area contributed by atoms with Crippen molar-refractivity contribution in [2.75, 3.05) is 32.7 Å². The monoisotopic (exact) mass is 242 g/mol. The van der Waals surface area contributed by atoms with E-state index in [1.807, 2.05) is 0 Å². The Balaban J connectivity index is 2.17. The van der Waals surface area contributed by atoms with Crippen molar-refractivity contribution in [2.24, 2.45) is 11.7 Å². The molecule has 1 aliphatic rings. The molecule has 1 rings (SSSR count). The Labute approximate surface area is 104 Å². The summed E-state index contributed by atoms with van der Waals surface area (Å²) >= 11 is 0. The van der Waals surface area contributed by atoms with E-state index < -0.39 is 6.03 Å². The highest BCUT2D eigenvalue weighted by molar-refractivity contribution is 5.71. The number of nitrogens with two attached hydrogens (primary N) is 1. The summed E-state index contributed by atoms with van der Waals surface area (Å²) in [5, 5.41) is 6.05. The Hall–Kier alpha value is -0.810. The number of urea groups is 1. The minimum absolute atomic E-state index is 0.450. The van der Waals surface area contributed by atoms with Gasteiger partial charge in [0.2, 0.25) is 0 Å². The molecule has 0 aromatic carbocycles. The van der Waals surface area contributed by atoms with E-state index in [1.165, 1.54) is 25.9 Å². The van der Waals surface area contributed by atoms with Gasteiger partial charge in [0.05, 0.1) is 0 Å². The number of carbonyl (C=O) groups excluding carboxylic acids is 1. The summed E-state index contributed by atoms with van der Waals surface area (Å²) in [4.78, 5) is 13.0. The summed E-state index contributed by atoms with van der Waals surface area (Å²) < 4.78 is 0. The largest absolute Gasteiger partial charge is 0.352 e. The average molecular weight is 242 g/mol. The van der Waals surface area contributed by atoms with Crippen molar-refractivity contribution in [3.8, 4) is 0 Å². The van der Waals surface area contributed by atoms with E-state index in [-0.39, 0.29) is 0 Å². The molecule has 1 heterocycles. The van der Waals surface area contributed by atoms with Gasteiger partial charge < -0.3 is 21.3 Å². The molecule has 2 atom stereocenters. The van der Waals surface area contributed by atoms with Crippen LogP contribution in [0.4, 0.5) is 4.79 Å². The van der Waals surface area contributed by atoms with Gasteiger partial charge in [0.15, 0.2) is 0 Å². The maximum atomic E-state index is 10.5. The first-order valence-electron chi connectivity index (χ1n) is 6.62. The molecule has 1 fully saturated rings.